The second kappa shape index (κ2) is 8.75. The Labute approximate surface area is 186 Å². The summed E-state index contributed by atoms with van der Waals surface area (Å²) in [5, 5.41) is 5.41. The van der Waals surface area contributed by atoms with Crippen LogP contribution in [-0.4, -0.2) is 35.0 Å². The molecule has 7 nitrogen and oxygen atoms in total. The number of alkyl halides is 2. The van der Waals surface area contributed by atoms with E-state index in [4.69, 9.17) is 0 Å². The zero-order chi connectivity index (χ0) is 22.9. The van der Waals surface area contributed by atoms with Crippen LogP contribution in [0.2, 0.25) is 0 Å². The number of benzene rings is 2. The van der Waals surface area contributed by atoms with Gasteiger partial charge in [-0.05, 0) is 30.7 Å². The summed E-state index contributed by atoms with van der Waals surface area (Å²) in [6.45, 7) is -1.21. The molecule has 0 fully saturated rings. The topological polar surface area (TPSA) is 91.1 Å². The van der Waals surface area contributed by atoms with Crippen molar-refractivity contribution in [1.82, 2.24) is 14.2 Å². The van der Waals surface area contributed by atoms with Gasteiger partial charge in [0.05, 0.1) is 21.6 Å². The summed E-state index contributed by atoms with van der Waals surface area (Å²) in [5.74, 6) is -0.305. The highest BCUT2D eigenvalue weighted by molar-refractivity contribution is 7.90. The van der Waals surface area contributed by atoms with E-state index in [1.54, 1.807) is 24.4 Å². The van der Waals surface area contributed by atoms with Crippen molar-refractivity contribution >= 4 is 38.0 Å². The average Bonchev–Trinajstić information content (AvgIpc) is 3.33. The van der Waals surface area contributed by atoms with Gasteiger partial charge in [-0.1, -0.05) is 18.2 Å². The van der Waals surface area contributed by atoms with Gasteiger partial charge in [0, 0.05) is 35.4 Å². The monoisotopic (exact) mass is 477 g/mol. The first-order valence-electron chi connectivity index (χ1n) is 9.42. The average molecular weight is 478 g/mol. The summed E-state index contributed by atoms with van der Waals surface area (Å²) in [4.78, 5) is 17.2. The molecule has 2 heterocycles. The lowest BCUT2D eigenvalue weighted by Gasteiger charge is -2.09. The normalized spacial score (nSPS) is 11.9. The van der Waals surface area contributed by atoms with Gasteiger partial charge in [0.2, 0.25) is 0 Å². The number of carbonyl (C=O) groups is 1. The number of rotatable bonds is 8. The minimum absolute atomic E-state index is 0.0289. The number of ketones is 1. The van der Waals surface area contributed by atoms with Gasteiger partial charge in [0.15, 0.2) is 0 Å². The molecule has 0 atom stereocenters. The van der Waals surface area contributed by atoms with Crippen LogP contribution >= 0.6 is 11.3 Å². The summed E-state index contributed by atoms with van der Waals surface area (Å²) in [6.07, 6.45) is 3.43. The molecule has 0 unspecified atom stereocenters. The number of carbonyl (C=O) groups excluding carboxylic acids is 1. The number of hydrogen-bond acceptors (Lipinski definition) is 7. The van der Waals surface area contributed by atoms with Gasteiger partial charge >= 0.3 is 6.61 Å². The molecule has 4 aromatic rings. The number of aryl methyl sites for hydroxylation is 1. The van der Waals surface area contributed by atoms with Crippen LogP contribution in [0.25, 0.3) is 10.9 Å². The van der Waals surface area contributed by atoms with Crippen molar-refractivity contribution < 1.29 is 26.7 Å². The van der Waals surface area contributed by atoms with Gasteiger partial charge in [-0.25, -0.2) is 4.98 Å². The minimum Gasteiger partial charge on any atom is -0.435 e. The third-order valence-corrected chi connectivity index (χ3v) is 7.11. The van der Waals surface area contributed by atoms with Crippen molar-refractivity contribution in [3.63, 3.8) is 0 Å². The van der Waals surface area contributed by atoms with E-state index in [0.29, 0.717) is 10.9 Å². The van der Waals surface area contributed by atoms with E-state index in [-0.39, 0.29) is 34.8 Å². The van der Waals surface area contributed by atoms with Gasteiger partial charge in [-0.3, -0.25) is 4.79 Å². The summed E-state index contributed by atoms with van der Waals surface area (Å²) in [7, 11) is -4.18. The van der Waals surface area contributed by atoms with Crippen LogP contribution in [0.4, 0.5) is 8.78 Å². The maximum Gasteiger partial charge on any atom is 0.387 e. The number of halogens is 2. The maximum atomic E-state index is 13.1. The number of ether oxygens (including phenoxy) is 1. The lowest BCUT2D eigenvalue weighted by molar-refractivity contribution is -0.117. The van der Waals surface area contributed by atoms with Crippen LogP contribution in [0.5, 0.6) is 5.75 Å². The molecular weight excluding hydrogens is 460 g/mol. The van der Waals surface area contributed by atoms with E-state index in [0.717, 1.165) is 20.0 Å². The van der Waals surface area contributed by atoms with Crippen LogP contribution < -0.4 is 4.74 Å². The number of aromatic nitrogens is 3. The van der Waals surface area contributed by atoms with Crippen molar-refractivity contribution in [2.24, 2.45) is 0 Å². The SMILES string of the molecule is Cc1ncc(CC(=O)Cc2ccc3cnn(S(=O)(=O)c4cccc(OC(F)F)c4)c3c2)s1. The number of Topliss-reactive ketones (excluding diaryl/α,β-unsaturated/α-hetero) is 1. The first-order chi connectivity index (χ1) is 15.2. The Kier molecular flexibility index (Phi) is 6.02. The summed E-state index contributed by atoms with van der Waals surface area (Å²) in [6, 6.07) is 9.85. The van der Waals surface area contributed by atoms with E-state index < -0.39 is 16.6 Å². The molecule has 0 aliphatic heterocycles. The van der Waals surface area contributed by atoms with Crippen molar-refractivity contribution in [3.05, 3.63) is 70.3 Å². The molecule has 0 aliphatic carbocycles. The second-order valence-electron chi connectivity index (χ2n) is 6.98. The van der Waals surface area contributed by atoms with E-state index in [9.17, 15) is 22.0 Å². The molecule has 166 valence electrons. The molecule has 0 spiro atoms. The van der Waals surface area contributed by atoms with Gasteiger partial charge in [-0.15, -0.1) is 11.3 Å². The van der Waals surface area contributed by atoms with Gasteiger partial charge in [0.1, 0.15) is 11.5 Å². The molecule has 0 aliphatic rings. The number of fused-ring (bicyclic) bond motifs is 1. The lowest BCUT2D eigenvalue weighted by atomic mass is 10.1. The van der Waals surface area contributed by atoms with Crippen LogP contribution in [0.1, 0.15) is 15.4 Å². The fourth-order valence-corrected chi connectivity index (χ4v) is 5.35. The van der Waals surface area contributed by atoms with Gasteiger partial charge in [-0.2, -0.15) is 26.4 Å². The Morgan fingerprint density at radius 2 is 1.97 bits per heavy atom. The second-order valence-corrected chi connectivity index (χ2v) is 10.1. The summed E-state index contributed by atoms with van der Waals surface area (Å²) < 4.78 is 56.3. The van der Waals surface area contributed by atoms with E-state index in [1.807, 2.05) is 6.92 Å². The predicted molar refractivity (Wildman–Crippen MR) is 115 cm³/mol. The summed E-state index contributed by atoms with van der Waals surface area (Å²) in [5.41, 5.74) is 0.916. The maximum absolute atomic E-state index is 13.1. The molecule has 0 amide bonds. The van der Waals surface area contributed by atoms with Crippen LogP contribution in [0.3, 0.4) is 0 Å². The molecule has 0 radical (unpaired) electrons. The quantitative estimate of drug-likeness (QED) is 0.381. The third-order valence-electron chi connectivity index (χ3n) is 4.60. The molecule has 0 saturated carbocycles. The molecular formula is C21H17F2N3O4S2. The van der Waals surface area contributed by atoms with Gasteiger partial charge < -0.3 is 4.74 Å². The molecule has 0 bridgehead atoms. The zero-order valence-corrected chi connectivity index (χ0v) is 18.4. The van der Waals surface area contributed by atoms with Gasteiger partial charge in [0.25, 0.3) is 10.0 Å². The highest BCUT2D eigenvalue weighted by Gasteiger charge is 2.22. The fourth-order valence-electron chi connectivity index (χ4n) is 3.22. The molecule has 2 aromatic heterocycles. The van der Waals surface area contributed by atoms with Crippen LogP contribution in [0, 0.1) is 6.92 Å². The Hall–Kier alpha value is -3.18. The number of nitrogens with zero attached hydrogens (tertiary/aromatic N) is 3. The van der Waals surface area contributed by atoms with Crippen LogP contribution in [-0.2, 0) is 27.7 Å². The molecule has 32 heavy (non-hydrogen) atoms. The highest BCUT2D eigenvalue weighted by Crippen LogP contribution is 2.25. The molecule has 11 heteroatoms. The molecule has 4 rings (SSSR count). The summed E-state index contributed by atoms with van der Waals surface area (Å²) >= 11 is 1.46. The number of thiazole rings is 1. The molecule has 2 aromatic carbocycles. The smallest absolute Gasteiger partial charge is 0.387 e. The molecule has 0 saturated heterocycles. The zero-order valence-electron chi connectivity index (χ0n) is 16.7. The standard InChI is InChI=1S/C21H17F2N3O4S2/c1-13-24-12-18(31-13)9-16(27)7-14-5-6-15-11-25-26(20(15)8-14)32(28,29)19-4-2-3-17(10-19)30-21(22)23/h2-6,8,10-12,21H,7,9H2,1H3. The van der Waals surface area contributed by atoms with Crippen molar-refractivity contribution in [2.75, 3.05) is 0 Å². The Morgan fingerprint density at radius 3 is 2.69 bits per heavy atom. The Balaban J connectivity index is 1.63. The van der Waals surface area contributed by atoms with Crippen molar-refractivity contribution in [2.45, 2.75) is 31.3 Å². The Morgan fingerprint density at radius 1 is 1.16 bits per heavy atom. The highest BCUT2D eigenvalue weighted by atomic mass is 32.2. The minimum atomic E-state index is -4.18. The van der Waals surface area contributed by atoms with E-state index in [1.165, 1.54) is 35.7 Å². The number of hydrogen-bond donors (Lipinski definition) is 0. The fraction of sp³-hybridized carbons (Fsp3) is 0.190. The first-order valence-corrected chi connectivity index (χ1v) is 11.7. The van der Waals surface area contributed by atoms with E-state index >= 15 is 0 Å². The first kappa shape index (κ1) is 22.0. The largest absolute Gasteiger partial charge is 0.435 e. The Bertz CT molecular complexity index is 1400. The molecule has 0 N–H and O–H groups in total. The van der Waals surface area contributed by atoms with Crippen molar-refractivity contribution in [1.29, 1.82) is 0 Å². The predicted octanol–water partition coefficient (Wildman–Crippen LogP) is 3.99. The lowest BCUT2D eigenvalue weighted by Crippen LogP contribution is -2.15. The van der Waals surface area contributed by atoms with E-state index in [2.05, 4.69) is 14.8 Å². The third kappa shape index (κ3) is 4.68. The van der Waals surface area contributed by atoms with Crippen molar-refractivity contribution in [3.8, 4) is 5.75 Å². The van der Waals surface area contributed by atoms with Crippen LogP contribution in [0.15, 0.2) is 59.8 Å².